The molecule has 0 aliphatic heterocycles. The number of nitrogens with one attached hydrogen (secondary N) is 1. The van der Waals surface area contributed by atoms with E-state index in [0.29, 0.717) is 18.4 Å². The van der Waals surface area contributed by atoms with Crippen LogP contribution in [0.2, 0.25) is 0 Å². The number of carboxylic acids is 1. The van der Waals surface area contributed by atoms with E-state index >= 15 is 0 Å². The summed E-state index contributed by atoms with van der Waals surface area (Å²) in [7, 11) is 0. The molecule has 0 aromatic carbocycles. The summed E-state index contributed by atoms with van der Waals surface area (Å²) in [6, 6.07) is 0.410. The normalized spacial score (nSPS) is 14.3. The van der Waals surface area contributed by atoms with Gasteiger partial charge in [0.05, 0.1) is 0 Å². The second kappa shape index (κ2) is 7.32. The molecule has 0 spiro atoms. The van der Waals surface area contributed by atoms with Gasteiger partial charge in [0.1, 0.15) is 0 Å². The lowest BCUT2D eigenvalue weighted by Gasteiger charge is -2.22. The Labute approximate surface area is 92.6 Å². The minimum atomic E-state index is -0.738. The Bertz CT molecular complexity index is 214. The molecule has 0 aliphatic rings. The van der Waals surface area contributed by atoms with E-state index in [0.717, 1.165) is 18.5 Å². The van der Waals surface area contributed by atoms with Crippen molar-refractivity contribution in [2.24, 2.45) is 5.92 Å². The van der Waals surface area contributed by atoms with E-state index in [-0.39, 0.29) is 6.42 Å². The molecule has 88 valence electrons. The minimum Gasteiger partial charge on any atom is -0.481 e. The first-order valence-electron chi connectivity index (χ1n) is 5.63. The highest BCUT2D eigenvalue weighted by Gasteiger charge is 2.10. The first-order valence-corrected chi connectivity index (χ1v) is 5.63. The van der Waals surface area contributed by atoms with E-state index in [1.807, 2.05) is 0 Å². The topological polar surface area (TPSA) is 49.3 Å². The highest BCUT2D eigenvalue weighted by molar-refractivity contribution is 5.66. The summed E-state index contributed by atoms with van der Waals surface area (Å²) in [5, 5.41) is 11.8. The number of rotatable bonds is 8. The molecule has 0 heterocycles. The summed E-state index contributed by atoms with van der Waals surface area (Å²) < 4.78 is 0. The van der Waals surface area contributed by atoms with Crippen LogP contribution in [0.3, 0.4) is 0 Å². The molecule has 0 fully saturated rings. The van der Waals surface area contributed by atoms with Crippen molar-refractivity contribution >= 4 is 5.97 Å². The van der Waals surface area contributed by atoms with Gasteiger partial charge in [-0.3, -0.25) is 4.79 Å². The third-order valence-electron chi connectivity index (χ3n) is 2.80. The van der Waals surface area contributed by atoms with Crippen molar-refractivity contribution in [1.82, 2.24) is 5.32 Å². The average molecular weight is 213 g/mol. The van der Waals surface area contributed by atoms with Crippen LogP contribution in [0.25, 0.3) is 0 Å². The Kier molecular flexibility index (Phi) is 6.84. The standard InChI is InChI=1S/C12H23NO2/c1-5-9(2)11(4)13-10(3)7-6-8-12(14)15/h9,11,13H,3,5-8H2,1-2,4H3,(H,14,15)/t9-,11?/m0/s1. The third-order valence-corrected chi connectivity index (χ3v) is 2.80. The lowest BCUT2D eigenvalue weighted by Crippen LogP contribution is -2.30. The van der Waals surface area contributed by atoms with Gasteiger partial charge in [0.2, 0.25) is 0 Å². The van der Waals surface area contributed by atoms with Crippen molar-refractivity contribution in [3.05, 3.63) is 12.3 Å². The zero-order valence-corrected chi connectivity index (χ0v) is 10.0. The second-order valence-corrected chi connectivity index (χ2v) is 4.17. The molecule has 0 aromatic heterocycles. The molecular weight excluding hydrogens is 190 g/mol. The van der Waals surface area contributed by atoms with Crippen LogP contribution in [-0.4, -0.2) is 17.1 Å². The van der Waals surface area contributed by atoms with E-state index in [1.54, 1.807) is 0 Å². The Balaban J connectivity index is 3.69. The van der Waals surface area contributed by atoms with E-state index in [2.05, 4.69) is 32.7 Å². The largest absolute Gasteiger partial charge is 0.481 e. The molecular formula is C12H23NO2. The quantitative estimate of drug-likeness (QED) is 0.652. The zero-order valence-electron chi connectivity index (χ0n) is 10.0. The van der Waals surface area contributed by atoms with Gasteiger partial charge < -0.3 is 10.4 Å². The van der Waals surface area contributed by atoms with Crippen LogP contribution in [0.5, 0.6) is 0 Å². The van der Waals surface area contributed by atoms with Crippen LogP contribution >= 0.6 is 0 Å². The first-order chi connectivity index (χ1) is 6.97. The maximum Gasteiger partial charge on any atom is 0.303 e. The van der Waals surface area contributed by atoms with Gasteiger partial charge in [-0.2, -0.15) is 0 Å². The molecule has 0 saturated carbocycles. The molecule has 3 nitrogen and oxygen atoms in total. The predicted molar refractivity (Wildman–Crippen MR) is 62.7 cm³/mol. The van der Waals surface area contributed by atoms with Gasteiger partial charge in [0, 0.05) is 18.2 Å². The Hall–Kier alpha value is -0.990. The van der Waals surface area contributed by atoms with Crippen molar-refractivity contribution in [3.63, 3.8) is 0 Å². The number of carbonyl (C=O) groups is 1. The molecule has 0 bridgehead atoms. The van der Waals surface area contributed by atoms with Crippen LogP contribution < -0.4 is 5.32 Å². The van der Waals surface area contributed by atoms with E-state index in [9.17, 15) is 4.79 Å². The minimum absolute atomic E-state index is 0.221. The van der Waals surface area contributed by atoms with Gasteiger partial charge >= 0.3 is 5.97 Å². The SMILES string of the molecule is C=C(CCCC(=O)O)NC(C)[C@@H](C)CC. The average Bonchev–Trinajstić information content (AvgIpc) is 2.15. The smallest absolute Gasteiger partial charge is 0.303 e. The summed E-state index contributed by atoms with van der Waals surface area (Å²) in [6.45, 7) is 10.4. The molecule has 0 aromatic rings. The van der Waals surface area contributed by atoms with Crippen molar-refractivity contribution in [2.45, 2.75) is 52.5 Å². The van der Waals surface area contributed by atoms with Crippen molar-refractivity contribution < 1.29 is 9.90 Å². The molecule has 0 rings (SSSR count). The van der Waals surface area contributed by atoms with Crippen molar-refractivity contribution in [1.29, 1.82) is 0 Å². The van der Waals surface area contributed by atoms with Crippen LogP contribution in [-0.2, 0) is 4.79 Å². The maximum atomic E-state index is 10.3. The maximum absolute atomic E-state index is 10.3. The fraction of sp³-hybridized carbons (Fsp3) is 0.750. The van der Waals surface area contributed by atoms with Gasteiger partial charge in [-0.15, -0.1) is 0 Å². The molecule has 3 heteroatoms. The van der Waals surface area contributed by atoms with E-state index in [1.165, 1.54) is 0 Å². The summed E-state index contributed by atoms with van der Waals surface area (Å²) in [6.07, 6.45) is 2.76. The molecule has 15 heavy (non-hydrogen) atoms. The Morgan fingerprint density at radius 3 is 2.47 bits per heavy atom. The molecule has 2 N–H and O–H groups in total. The van der Waals surface area contributed by atoms with Crippen LogP contribution in [0.15, 0.2) is 12.3 Å². The highest BCUT2D eigenvalue weighted by atomic mass is 16.4. The van der Waals surface area contributed by atoms with Crippen molar-refractivity contribution in [3.8, 4) is 0 Å². The fourth-order valence-electron chi connectivity index (χ4n) is 1.34. The fourth-order valence-corrected chi connectivity index (χ4v) is 1.34. The molecule has 0 amide bonds. The molecule has 0 aliphatic carbocycles. The molecule has 0 radical (unpaired) electrons. The number of carboxylic acid groups (broad SMARTS) is 1. The van der Waals surface area contributed by atoms with Crippen molar-refractivity contribution in [2.75, 3.05) is 0 Å². The van der Waals surface area contributed by atoms with E-state index in [4.69, 9.17) is 5.11 Å². The van der Waals surface area contributed by atoms with Crippen LogP contribution in [0, 0.1) is 5.92 Å². The number of hydrogen-bond donors (Lipinski definition) is 2. The highest BCUT2D eigenvalue weighted by Crippen LogP contribution is 2.10. The van der Waals surface area contributed by atoms with Gasteiger partial charge in [0.15, 0.2) is 0 Å². The third kappa shape index (κ3) is 7.00. The summed E-state index contributed by atoms with van der Waals surface area (Å²) >= 11 is 0. The monoisotopic (exact) mass is 213 g/mol. The second-order valence-electron chi connectivity index (χ2n) is 4.17. The van der Waals surface area contributed by atoms with Gasteiger partial charge in [-0.1, -0.05) is 26.8 Å². The number of hydrogen-bond acceptors (Lipinski definition) is 2. The Morgan fingerprint density at radius 1 is 1.40 bits per heavy atom. The summed E-state index contributed by atoms with van der Waals surface area (Å²) in [4.78, 5) is 10.3. The van der Waals surface area contributed by atoms with Crippen LogP contribution in [0.1, 0.15) is 46.5 Å². The van der Waals surface area contributed by atoms with Crippen LogP contribution in [0.4, 0.5) is 0 Å². The lowest BCUT2D eigenvalue weighted by molar-refractivity contribution is -0.137. The molecule has 2 atom stereocenters. The van der Waals surface area contributed by atoms with E-state index < -0.39 is 5.97 Å². The summed E-state index contributed by atoms with van der Waals surface area (Å²) in [5.41, 5.74) is 0.948. The zero-order chi connectivity index (χ0) is 11.8. The first kappa shape index (κ1) is 14.0. The summed E-state index contributed by atoms with van der Waals surface area (Å²) in [5.74, 6) is -0.126. The number of allylic oxidation sites excluding steroid dienone is 1. The van der Waals surface area contributed by atoms with Gasteiger partial charge in [0.25, 0.3) is 0 Å². The molecule has 1 unspecified atom stereocenters. The lowest BCUT2D eigenvalue weighted by atomic mass is 10.0. The predicted octanol–water partition coefficient (Wildman–Crippen LogP) is 2.78. The van der Waals surface area contributed by atoms with Gasteiger partial charge in [-0.05, 0) is 25.7 Å². The molecule has 0 saturated heterocycles. The Morgan fingerprint density at radius 2 is 2.00 bits per heavy atom. The van der Waals surface area contributed by atoms with Gasteiger partial charge in [-0.25, -0.2) is 0 Å². The number of aliphatic carboxylic acids is 1.